The second-order valence-corrected chi connectivity index (χ2v) is 1.68. The van der Waals surface area contributed by atoms with Crippen molar-refractivity contribution in [2.45, 2.75) is 13.2 Å². The molecule has 60 valence electrons. The van der Waals surface area contributed by atoms with Crippen molar-refractivity contribution in [3.63, 3.8) is 0 Å². The van der Waals surface area contributed by atoms with Crippen LogP contribution in [0.5, 0.6) is 0 Å². The Balaban J connectivity index is 3.53. The highest BCUT2D eigenvalue weighted by Gasteiger charge is 2.04. The first-order valence-electron chi connectivity index (χ1n) is 3.02. The van der Waals surface area contributed by atoms with E-state index in [0.29, 0.717) is 0 Å². The lowest BCUT2D eigenvalue weighted by Crippen LogP contribution is -2.16. The molecule has 0 spiro atoms. The minimum absolute atomic E-state index is 0.0917. The fraction of sp³-hybridized carbons (Fsp3) is 0.429. The summed E-state index contributed by atoms with van der Waals surface area (Å²) in [5.74, 6) is -0.560. The van der Waals surface area contributed by atoms with Gasteiger partial charge < -0.3 is 9.47 Å². The zero-order valence-corrected chi connectivity index (χ0v) is 6.24. The van der Waals surface area contributed by atoms with Crippen molar-refractivity contribution in [1.82, 2.24) is 0 Å². The molecule has 0 heterocycles. The summed E-state index contributed by atoms with van der Waals surface area (Å²) in [7, 11) is 0. The first-order chi connectivity index (χ1) is 5.20. The number of rotatable bonds is 4. The molecular weight excluding hydrogens is 146 g/mol. The molecule has 0 aliphatic heterocycles. The first kappa shape index (κ1) is 9.66. The lowest BCUT2D eigenvalue weighted by Gasteiger charge is -2.09. The standard InChI is InChI=1S/C7H9NO3/c1-3-7(9)11-6(2)10-5-4-8/h3,6H,1,5H2,2H3. The summed E-state index contributed by atoms with van der Waals surface area (Å²) in [5.41, 5.74) is 0. The minimum atomic E-state index is -0.694. The van der Waals surface area contributed by atoms with Crippen LogP contribution in [0.25, 0.3) is 0 Å². The number of nitrogens with zero attached hydrogens (tertiary/aromatic N) is 1. The molecule has 0 N–H and O–H groups in total. The van der Waals surface area contributed by atoms with E-state index in [4.69, 9.17) is 10.00 Å². The first-order valence-corrected chi connectivity index (χ1v) is 3.02. The van der Waals surface area contributed by atoms with Crippen LogP contribution in [0.1, 0.15) is 6.92 Å². The van der Waals surface area contributed by atoms with Crippen molar-refractivity contribution in [2.24, 2.45) is 0 Å². The van der Waals surface area contributed by atoms with Crippen LogP contribution in [0.15, 0.2) is 12.7 Å². The van der Waals surface area contributed by atoms with Gasteiger partial charge in [0.05, 0.1) is 6.07 Å². The summed E-state index contributed by atoms with van der Waals surface area (Å²) >= 11 is 0. The fourth-order valence-electron chi connectivity index (χ4n) is 0.400. The van der Waals surface area contributed by atoms with Crippen molar-refractivity contribution in [3.8, 4) is 6.07 Å². The molecule has 11 heavy (non-hydrogen) atoms. The van der Waals surface area contributed by atoms with Crippen LogP contribution in [0.3, 0.4) is 0 Å². The normalized spacial score (nSPS) is 11.3. The average Bonchev–Trinajstić information content (AvgIpc) is 2.00. The number of hydrogen-bond acceptors (Lipinski definition) is 4. The van der Waals surface area contributed by atoms with Gasteiger partial charge in [-0.2, -0.15) is 5.26 Å². The van der Waals surface area contributed by atoms with E-state index in [1.54, 1.807) is 6.07 Å². The van der Waals surface area contributed by atoms with Gasteiger partial charge in [-0.1, -0.05) is 6.58 Å². The SMILES string of the molecule is C=CC(=O)OC(C)OCC#N. The quantitative estimate of drug-likeness (QED) is 0.339. The van der Waals surface area contributed by atoms with Crippen LogP contribution in [0.4, 0.5) is 0 Å². The second-order valence-electron chi connectivity index (χ2n) is 1.68. The van der Waals surface area contributed by atoms with Crippen molar-refractivity contribution < 1.29 is 14.3 Å². The molecule has 0 fully saturated rings. The van der Waals surface area contributed by atoms with Gasteiger partial charge in [-0.05, 0) is 6.92 Å². The number of esters is 1. The zero-order chi connectivity index (χ0) is 8.69. The van der Waals surface area contributed by atoms with Crippen LogP contribution in [0.2, 0.25) is 0 Å². The van der Waals surface area contributed by atoms with Gasteiger partial charge >= 0.3 is 5.97 Å². The van der Waals surface area contributed by atoms with Crippen molar-refractivity contribution >= 4 is 5.97 Å². The molecule has 1 atom stereocenters. The van der Waals surface area contributed by atoms with Gasteiger partial charge in [0.1, 0.15) is 6.61 Å². The highest BCUT2D eigenvalue weighted by atomic mass is 16.7. The molecule has 0 amide bonds. The summed E-state index contributed by atoms with van der Waals surface area (Å²) in [6.45, 7) is 4.63. The van der Waals surface area contributed by atoms with E-state index in [0.717, 1.165) is 6.08 Å². The van der Waals surface area contributed by atoms with Gasteiger partial charge in [-0.15, -0.1) is 0 Å². The highest BCUT2D eigenvalue weighted by Crippen LogP contribution is 1.93. The average molecular weight is 155 g/mol. The van der Waals surface area contributed by atoms with E-state index in [-0.39, 0.29) is 6.61 Å². The van der Waals surface area contributed by atoms with Crippen LogP contribution in [-0.4, -0.2) is 18.9 Å². The van der Waals surface area contributed by atoms with E-state index in [1.165, 1.54) is 6.92 Å². The summed E-state index contributed by atoms with van der Waals surface area (Å²) in [6.07, 6.45) is 0.340. The molecular formula is C7H9NO3. The summed E-state index contributed by atoms with van der Waals surface area (Å²) < 4.78 is 9.28. The summed E-state index contributed by atoms with van der Waals surface area (Å²) in [6, 6.07) is 1.75. The Morgan fingerprint density at radius 1 is 1.91 bits per heavy atom. The van der Waals surface area contributed by atoms with Gasteiger partial charge in [0, 0.05) is 6.08 Å². The molecule has 0 aliphatic carbocycles. The number of hydrogen-bond donors (Lipinski definition) is 0. The third-order valence-electron chi connectivity index (χ3n) is 0.831. The molecule has 0 bridgehead atoms. The topological polar surface area (TPSA) is 59.3 Å². The Hall–Kier alpha value is -1.34. The molecule has 0 rings (SSSR count). The molecule has 0 aliphatic rings. The largest absolute Gasteiger partial charge is 0.433 e. The lowest BCUT2D eigenvalue weighted by molar-refractivity contribution is -0.166. The molecule has 0 saturated carbocycles. The number of nitriles is 1. The van der Waals surface area contributed by atoms with E-state index in [9.17, 15) is 4.79 Å². The maximum Gasteiger partial charge on any atom is 0.332 e. The zero-order valence-electron chi connectivity index (χ0n) is 6.24. The van der Waals surface area contributed by atoms with Crippen LogP contribution < -0.4 is 0 Å². The van der Waals surface area contributed by atoms with Gasteiger partial charge in [0.15, 0.2) is 0 Å². The predicted molar refractivity (Wildman–Crippen MR) is 37.3 cm³/mol. The maximum atomic E-state index is 10.5. The molecule has 0 radical (unpaired) electrons. The van der Waals surface area contributed by atoms with Gasteiger partial charge in [0.25, 0.3) is 0 Å². The Morgan fingerprint density at radius 3 is 3.00 bits per heavy atom. The summed E-state index contributed by atoms with van der Waals surface area (Å²) in [4.78, 5) is 10.5. The van der Waals surface area contributed by atoms with Crippen molar-refractivity contribution in [1.29, 1.82) is 5.26 Å². The molecule has 4 heteroatoms. The number of carbonyl (C=O) groups is 1. The third kappa shape index (κ3) is 5.12. The Kier molecular flexibility index (Phi) is 4.78. The predicted octanol–water partition coefficient (Wildman–Crippen LogP) is 0.602. The maximum absolute atomic E-state index is 10.5. The third-order valence-corrected chi connectivity index (χ3v) is 0.831. The molecule has 0 saturated heterocycles. The van der Waals surface area contributed by atoms with E-state index in [1.807, 2.05) is 0 Å². The monoisotopic (exact) mass is 155 g/mol. The van der Waals surface area contributed by atoms with E-state index < -0.39 is 12.3 Å². The van der Waals surface area contributed by atoms with Gasteiger partial charge in [-0.3, -0.25) is 0 Å². The Morgan fingerprint density at radius 2 is 2.55 bits per heavy atom. The fourth-order valence-corrected chi connectivity index (χ4v) is 0.400. The Labute approximate surface area is 65.0 Å². The minimum Gasteiger partial charge on any atom is -0.433 e. The molecule has 0 aromatic rings. The molecule has 0 aromatic heterocycles. The van der Waals surface area contributed by atoms with Crippen molar-refractivity contribution in [2.75, 3.05) is 6.61 Å². The molecule has 0 aromatic carbocycles. The van der Waals surface area contributed by atoms with Crippen LogP contribution in [-0.2, 0) is 14.3 Å². The molecule has 4 nitrogen and oxygen atoms in total. The Bertz CT molecular complexity index is 183. The number of ether oxygens (including phenoxy) is 2. The van der Waals surface area contributed by atoms with Crippen LogP contribution >= 0.6 is 0 Å². The smallest absolute Gasteiger partial charge is 0.332 e. The lowest BCUT2D eigenvalue weighted by atomic mass is 10.6. The van der Waals surface area contributed by atoms with E-state index >= 15 is 0 Å². The van der Waals surface area contributed by atoms with E-state index in [2.05, 4.69) is 11.3 Å². The molecule has 1 unspecified atom stereocenters. The van der Waals surface area contributed by atoms with Crippen LogP contribution in [0, 0.1) is 11.3 Å². The van der Waals surface area contributed by atoms with Gasteiger partial charge in [0.2, 0.25) is 6.29 Å². The second kappa shape index (κ2) is 5.45. The summed E-state index contributed by atoms with van der Waals surface area (Å²) in [5, 5.41) is 8.07. The number of carbonyl (C=O) groups excluding carboxylic acids is 1. The van der Waals surface area contributed by atoms with Gasteiger partial charge in [-0.25, -0.2) is 4.79 Å². The van der Waals surface area contributed by atoms with Crippen molar-refractivity contribution in [3.05, 3.63) is 12.7 Å². The highest BCUT2D eigenvalue weighted by molar-refractivity contribution is 5.81.